The first-order valence-corrected chi connectivity index (χ1v) is 6.89. The first-order chi connectivity index (χ1) is 12.3. The topological polar surface area (TPSA) is 83.8 Å². The summed E-state index contributed by atoms with van der Waals surface area (Å²) in [5.41, 5.74) is -6.16. The number of hydrogen-bond acceptors (Lipinski definition) is 3. The number of hydrogen-bond donors (Lipinski definition) is 2. The highest BCUT2D eigenvalue weighted by Crippen LogP contribution is 2.41. The van der Waals surface area contributed by atoms with Crippen molar-refractivity contribution in [2.75, 3.05) is 0 Å². The van der Waals surface area contributed by atoms with Crippen LogP contribution >= 0.6 is 0 Å². The molecule has 0 bridgehead atoms. The van der Waals surface area contributed by atoms with Crippen molar-refractivity contribution in [1.82, 2.24) is 0 Å². The third-order valence-electron chi connectivity index (χ3n) is 3.31. The van der Waals surface area contributed by atoms with Gasteiger partial charge in [0.25, 0.3) is 0 Å². The van der Waals surface area contributed by atoms with E-state index >= 15 is 0 Å². The minimum Gasteiger partial charge on any atom is -0.478 e. The van der Waals surface area contributed by atoms with Crippen LogP contribution in [0, 0.1) is 0 Å². The zero-order chi connectivity index (χ0) is 20.6. The van der Waals surface area contributed by atoms with Crippen LogP contribution in [0.3, 0.4) is 0 Å². The number of carboxylic acid groups (broad SMARTS) is 2. The van der Waals surface area contributed by atoms with Crippen molar-refractivity contribution in [3.63, 3.8) is 0 Å². The lowest BCUT2D eigenvalue weighted by Crippen LogP contribution is -2.18. The smallest absolute Gasteiger partial charge is 0.419 e. The second-order valence-electron chi connectivity index (χ2n) is 5.07. The standard InChI is InChI=1S/C16H8F6O5/c17-15(18,19)7-3-1-2-4-9(7)27-10-6-5-8(16(20,21)22)11(13(23)24)12(10)14(25)26/h1-6H,(H,23,24)(H,25,26). The van der Waals surface area contributed by atoms with Crippen molar-refractivity contribution in [3.05, 3.63) is 58.7 Å². The molecule has 0 unspecified atom stereocenters. The Bertz CT molecular complexity index is 901. The first kappa shape index (κ1) is 20.1. The van der Waals surface area contributed by atoms with Crippen LogP contribution in [0.2, 0.25) is 0 Å². The van der Waals surface area contributed by atoms with Gasteiger partial charge in [0, 0.05) is 0 Å². The average molecular weight is 394 g/mol. The average Bonchev–Trinajstić information content (AvgIpc) is 2.52. The van der Waals surface area contributed by atoms with Gasteiger partial charge in [-0.1, -0.05) is 12.1 Å². The van der Waals surface area contributed by atoms with Gasteiger partial charge in [0.05, 0.1) is 16.7 Å². The Morgan fingerprint density at radius 3 is 1.70 bits per heavy atom. The maximum Gasteiger partial charge on any atom is 0.419 e. The van der Waals surface area contributed by atoms with E-state index in [-0.39, 0.29) is 6.07 Å². The van der Waals surface area contributed by atoms with E-state index in [1.165, 1.54) is 0 Å². The highest BCUT2D eigenvalue weighted by Gasteiger charge is 2.40. The quantitative estimate of drug-likeness (QED) is 0.720. The molecule has 0 saturated carbocycles. The molecule has 11 heteroatoms. The number of carboxylic acids is 2. The van der Waals surface area contributed by atoms with Crippen LogP contribution < -0.4 is 4.74 Å². The Labute approximate surface area is 146 Å². The predicted octanol–water partition coefficient (Wildman–Crippen LogP) is 4.91. The summed E-state index contributed by atoms with van der Waals surface area (Å²) in [5, 5.41) is 18.2. The molecule has 0 heterocycles. The number of rotatable bonds is 4. The summed E-state index contributed by atoms with van der Waals surface area (Å²) in [6.45, 7) is 0. The number of halogens is 6. The maximum absolute atomic E-state index is 13.0. The van der Waals surface area contributed by atoms with Gasteiger partial charge in [-0.05, 0) is 24.3 Å². The van der Waals surface area contributed by atoms with E-state index in [4.69, 9.17) is 14.9 Å². The molecule has 27 heavy (non-hydrogen) atoms. The molecule has 0 aromatic heterocycles. The number of alkyl halides is 6. The van der Waals surface area contributed by atoms with Crippen molar-refractivity contribution in [1.29, 1.82) is 0 Å². The second-order valence-corrected chi connectivity index (χ2v) is 5.07. The summed E-state index contributed by atoms with van der Waals surface area (Å²) in [4.78, 5) is 22.6. The maximum atomic E-state index is 13.0. The third-order valence-corrected chi connectivity index (χ3v) is 3.31. The van der Waals surface area contributed by atoms with Gasteiger partial charge in [-0.2, -0.15) is 26.3 Å². The van der Waals surface area contributed by atoms with E-state index in [0.29, 0.717) is 12.1 Å². The zero-order valence-electron chi connectivity index (χ0n) is 12.9. The zero-order valence-corrected chi connectivity index (χ0v) is 12.9. The monoisotopic (exact) mass is 394 g/mol. The Balaban J connectivity index is 2.72. The molecular weight excluding hydrogens is 386 g/mol. The molecule has 0 radical (unpaired) electrons. The summed E-state index contributed by atoms with van der Waals surface area (Å²) in [6, 6.07) is 4.23. The van der Waals surface area contributed by atoms with Gasteiger partial charge in [-0.15, -0.1) is 0 Å². The van der Waals surface area contributed by atoms with Crippen molar-refractivity contribution in [3.8, 4) is 11.5 Å². The summed E-state index contributed by atoms with van der Waals surface area (Å²) in [5.74, 6) is -6.22. The third kappa shape index (κ3) is 4.13. The van der Waals surface area contributed by atoms with E-state index in [2.05, 4.69) is 0 Å². The molecular formula is C16H8F6O5. The van der Waals surface area contributed by atoms with Gasteiger partial charge >= 0.3 is 24.3 Å². The lowest BCUT2D eigenvalue weighted by Gasteiger charge is -2.18. The SMILES string of the molecule is O=C(O)c1c(Oc2ccccc2C(F)(F)F)ccc(C(F)(F)F)c1C(=O)O. The molecule has 2 N–H and O–H groups in total. The molecule has 2 aromatic rings. The Morgan fingerprint density at radius 1 is 0.704 bits per heavy atom. The largest absolute Gasteiger partial charge is 0.478 e. The summed E-state index contributed by atoms with van der Waals surface area (Å²) in [7, 11) is 0. The lowest BCUT2D eigenvalue weighted by molar-refractivity contribution is -0.139. The van der Waals surface area contributed by atoms with E-state index in [9.17, 15) is 35.9 Å². The van der Waals surface area contributed by atoms with Gasteiger partial charge in [-0.3, -0.25) is 0 Å². The Kier molecular flexibility index (Phi) is 5.07. The number of ether oxygens (including phenoxy) is 1. The van der Waals surface area contributed by atoms with Crippen molar-refractivity contribution < 1.29 is 50.9 Å². The van der Waals surface area contributed by atoms with E-state index < -0.39 is 58.0 Å². The fourth-order valence-corrected chi connectivity index (χ4v) is 2.25. The van der Waals surface area contributed by atoms with Crippen LogP contribution in [0.4, 0.5) is 26.3 Å². The normalized spacial score (nSPS) is 11.9. The molecule has 0 aliphatic heterocycles. The van der Waals surface area contributed by atoms with Crippen LogP contribution in [0.5, 0.6) is 11.5 Å². The molecule has 0 saturated heterocycles. The highest BCUT2D eigenvalue weighted by molar-refractivity contribution is 6.05. The van der Waals surface area contributed by atoms with Crippen LogP contribution in [0.1, 0.15) is 31.8 Å². The molecule has 0 amide bonds. The van der Waals surface area contributed by atoms with Crippen LogP contribution in [-0.2, 0) is 12.4 Å². The van der Waals surface area contributed by atoms with Crippen LogP contribution in [-0.4, -0.2) is 22.2 Å². The molecule has 2 rings (SSSR count). The first-order valence-electron chi connectivity index (χ1n) is 6.89. The molecule has 0 aliphatic carbocycles. The minimum absolute atomic E-state index is 0.224. The fraction of sp³-hybridized carbons (Fsp3) is 0.125. The van der Waals surface area contributed by atoms with Crippen molar-refractivity contribution in [2.24, 2.45) is 0 Å². The number of aromatic carboxylic acids is 2. The molecule has 144 valence electrons. The molecule has 0 aliphatic rings. The number of para-hydroxylation sites is 1. The molecule has 0 atom stereocenters. The van der Waals surface area contributed by atoms with Gasteiger partial charge in [0.1, 0.15) is 17.1 Å². The van der Waals surface area contributed by atoms with Gasteiger partial charge in [0.2, 0.25) is 0 Å². The predicted molar refractivity (Wildman–Crippen MR) is 76.9 cm³/mol. The summed E-state index contributed by atoms with van der Waals surface area (Å²) < 4.78 is 82.8. The highest BCUT2D eigenvalue weighted by atomic mass is 19.4. The summed E-state index contributed by atoms with van der Waals surface area (Å²) >= 11 is 0. The molecule has 0 spiro atoms. The number of carbonyl (C=O) groups is 2. The van der Waals surface area contributed by atoms with Crippen molar-refractivity contribution >= 4 is 11.9 Å². The second kappa shape index (κ2) is 6.82. The van der Waals surface area contributed by atoms with Gasteiger partial charge in [0.15, 0.2) is 0 Å². The Morgan fingerprint density at radius 2 is 1.22 bits per heavy atom. The van der Waals surface area contributed by atoms with Crippen LogP contribution in [0.15, 0.2) is 36.4 Å². The van der Waals surface area contributed by atoms with Crippen molar-refractivity contribution in [2.45, 2.75) is 12.4 Å². The molecule has 0 fully saturated rings. The fourth-order valence-electron chi connectivity index (χ4n) is 2.25. The van der Waals surface area contributed by atoms with Gasteiger partial charge in [-0.25, -0.2) is 9.59 Å². The van der Waals surface area contributed by atoms with Gasteiger partial charge < -0.3 is 14.9 Å². The van der Waals surface area contributed by atoms with Crippen LogP contribution in [0.25, 0.3) is 0 Å². The minimum atomic E-state index is -5.21. The Hall–Kier alpha value is -3.24. The molecule has 5 nitrogen and oxygen atoms in total. The van der Waals surface area contributed by atoms with E-state index in [0.717, 1.165) is 18.2 Å². The summed E-state index contributed by atoms with van der Waals surface area (Å²) in [6.07, 6.45) is -10.1. The van der Waals surface area contributed by atoms with E-state index in [1.54, 1.807) is 0 Å². The number of benzene rings is 2. The molecule has 2 aromatic carbocycles. The van der Waals surface area contributed by atoms with E-state index in [1.807, 2.05) is 0 Å². The lowest BCUT2D eigenvalue weighted by atomic mass is 9.99.